The number of phosphoric acid groups is 1. The van der Waals surface area contributed by atoms with E-state index in [4.69, 9.17) is 9.05 Å². The van der Waals surface area contributed by atoms with Crippen molar-refractivity contribution >= 4 is 13.7 Å². The van der Waals surface area contributed by atoms with Gasteiger partial charge in [0, 0.05) is 6.42 Å². The lowest BCUT2D eigenvalue weighted by Crippen LogP contribution is -2.45. The Bertz CT molecular complexity index is 1040. The molecule has 0 aromatic carbocycles. The van der Waals surface area contributed by atoms with Gasteiger partial charge in [-0.1, -0.05) is 192 Å². The Balaban J connectivity index is 4.36. The maximum absolute atomic E-state index is 12.8. The van der Waals surface area contributed by atoms with E-state index in [1.54, 1.807) is 6.08 Å². The average Bonchev–Trinajstić information content (AvgIpc) is 3.17. The van der Waals surface area contributed by atoms with Crippen LogP contribution in [-0.4, -0.2) is 68.5 Å². The number of likely N-dealkylation sites (N-methyl/N-ethyl adjacent to an activating group) is 1. The van der Waals surface area contributed by atoms with Crippen LogP contribution in [0.3, 0.4) is 0 Å². The van der Waals surface area contributed by atoms with Gasteiger partial charge in [0.25, 0.3) is 7.82 Å². The molecule has 0 spiro atoms. The standard InChI is InChI=1S/C49H95N2O6P/c1-6-8-10-12-14-16-18-20-21-22-23-24-25-26-27-28-29-31-32-34-36-38-40-42-48(52)47(46-57-58(54,55)56-45-44-51(3,4)5)50-49(53)43-41-39-37-35-33-30-19-17-15-13-11-9-7-2/h30,32-34,40,42,47-48,52H,6-29,31,35-39,41,43-46H2,1-5H3,(H-,50,53,54,55)/b33-30-,34-32+,42-40+. The van der Waals surface area contributed by atoms with Gasteiger partial charge in [-0.15, -0.1) is 0 Å². The predicted octanol–water partition coefficient (Wildman–Crippen LogP) is 13.2. The van der Waals surface area contributed by atoms with Gasteiger partial charge in [-0.25, -0.2) is 0 Å². The summed E-state index contributed by atoms with van der Waals surface area (Å²) in [5, 5.41) is 13.8. The monoisotopic (exact) mass is 839 g/mol. The minimum Gasteiger partial charge on any atom is -0.756 e. The third-order valence-electron chi connectivity index (χ3n) is 10.8. The second-order valence-electron chi connectivity index (χ2n) is 17.8. The van der Waals surface area contributed by atoms with Gasteiger partial charge in [-0.2, -0.15) is 0 Å². The van der Waals surface area contributed by atoms with E-state index in [1.807, 2.05) is 27.2 Å². The number of rotatable bonds is 44. The molecule has 0 rings (SSSR count). The number of quaternary nitrogens is 1. The van der Waals surface area contributed by atoms with Crippen molar-refractivity contribution in [3.63, 3.8) is 0 Å². The average molecular weight is 839 g/mol. The molecule has 58 heavy (non-hydrogen) atoms. The van der Waals surface area contributed by atoms with Crippen molar-refractivity contribution in [1.82, 2.24) is 5.32 Å². The zero-order valence-corrected chi connectivity index (χ0v) is 39.6. The molecule has 0 saturated heterocycles. The van der Waals surface area contributed by atoms with E-state index < -0.39 is 26.6 Å². The van der Waals surface area contributed by atoms with Crippen molar-refractivity contribution in [2.75, 3.05) is 40.9 Å². The number of hydrogen-bond donors (Lipinski definition) is 2. The molecule has 0 aliphatic rings. The largest absolute Gasteiger partial charge is 0.756 e. The first-order chi connectivity index (χ1) is 28.0. The number of aliphatic hydroxyl groups is 1. The quantitative estimate of drug-likeness (QED) is 0.0274. The van der Waals surface area contributed by atoms with Crippen LogP contribution in [0, 0.1) is 0 Å². The third-order valence-corrected chi connectivity index (χ3v) is 11.8. The molecular weight excluding hydrogens is 744 g/mol. The number of carbonyl (C=O) groups excluding carboxylic acids is 1. The molecule has 0 aromatic heterocycles. The summed E-state index contributed by atoms with van der Waals surface area (Å²) < 4.78 is 23.2. The number of amides is 1. The lowest BCUT2D eigenvalue weighted by Gasteiger charge is -2.29. The van der Waals surface area contributed by atoms with E-state index in [9.17, 15) is 19.4 Å². The van der Waals surface area contributed by atoms with Crippen LogP contribution < -0.4 is 10.2 Å². The number of aliphatic hydroxyl groups excluding tert-OH is 1. The van der Waals surface area contributed by atoms with E-state index in [-0.39, 0.29) is 12.5 Å². The number of phosphoric ester groups is 1. The highest BCUT2D eigenvalue weighted by atomic mass is 31.2. The zero-order chi connectivity index (χ0) is 42.8. The highest BCUT2D eigenvalue weighted by molar-refractivity contribution is 7.45. The first-order valence-corrected chi connectivity index (χ1v) is 25.8. The van der Waals surface area contributed by atoms with Gasteiger partial charge in [0.2, 0.25) is 5.91 Å². The second-order valence-corrected chi connectivity index (χ2v) is 19.2. The van der Waals surface area contributed by atoms with Gasteiger partial charge < -0.3 is 28.8 Å². The van der Waals surface area contributed by atoms with E-state index in [0.717, 1.165) is 51.4 Å². The van der Waals surface area contributed by atoms with Crippen molar-refractivity contribution in [2.24, 2.45) is 0 Å². The number of hydrogen-bond acceptors (Lipinski definition) is 6. The normalized spacial score (nSPS) is 14.5. The minimum atomic E-state index is -4.60. The van der Waals surface area contributed by atoms with Crippen LogP contribution in [0.15, 0.2) is 36.5 Å². The van der Waals surface area contributed by atoms with Crippen LogP contribution in [0.2, 0.25) is 0 Å². The number of nitrogens with zero attached hydrogens (tertiary/aromatic N) is 1. The highest BCUT2D eigenvalue weighted by Crippen LogP contribution is 2.38. The Morgan fingerprint density at radius 1 is 0.586 bits per heavy atom. The number of allylic oxidation sites excluding steroid dienone is 5. The zero-order valence-electron chi connectivity index (χ0n) is 38.8. The summed E-state index contributed by atoms with van der Waals surface area (Å²) in [6, 6.07) is -0.909. The Hall–Kier alpha value is -1.28. The molecular formula is C49H95N2O6P. The fourth-order valence-electron chi connectivity index (χ4n) is 6.93. The molecule has 0 bridgehead atoms. The van der Waals surface area contributed by atoms with E-state index in [1.165, 1.54) is 148 Å². The molecule has 8 nitrogen and oxygen atoms in total. The van der Waals surface area contributed by atoms with Crippen molar-refractivity contribution in [3.05, 3.63) is 36.5 Å². The van der Waals surface area contributed by atoms with Gasteiger partial charge in [0.05, 0.1) is 39.9 Å². The smallest absolute Gasteiger partial charge is 0.268 e. The van der Waals surface area contributed by atoms with Crippen molar-refractivity contribution in [2.45, 2.75) is 231 Å². The molecule has 342 valence electrons. The fourth-order valence-corrected chi connectivity index (χ4v) is 7.65. The van der Waals surface area contributed by atoms with E-state index in [0.29, 0.717) is 17.4 Å². The second kappa shape index (κ2) is 41.1. The minimum absolute atomic E-state index is 0.00891. The van der Waals surface area contributed by atoms with Crippen molar-refractivity contribution in [3.8, 4) is 0 Å². The first-order valence-electron chi connectivity index (χ1n) is 24.4. The van der Waals surface area contributed by atoms with Gasteiger partial charge in [0.15, 0.2) is 0 Å². The maximum Gasteiger partial charge on any atom is 0.268 e. The SMILES string of the molecule is CCCCCCCC/C=C\CCCCCC(=O)NC(COP(=O)([O-])OCC[N+](C)(C)C)C(O)/C=C/CC/C=C/CCCCCCCCCCCCCCCCCCC. The molecule has 1 amide bonds. The van der Waals surface area contributed by atoms with Crippen molar-refractivity contribution in [1.29, 1.82) is 0 Å². The van der Waals surface area contributed by atoms with Crippen LogP contribution in [0.25, 0.3) is 0 Å². The lowest BCUT2D eigenvalue weighted by atomic mass is 10.0. The number of nitrogens with one attached hydrogen (secondary N) is 1. The molecule has 0 saturated carbocycles. The van der Waals surface area contributed by atoms with Crippen LogP contribution in [0.4, 0.5) is 0 Å². The fraction of sp³-hybridized carbons (Fsp3) is 0.857. The molecule has 0 radical (unpaired) electrons. The lowest BCUT2D eigenvalue weighted by molar-refractivity contribution is -0.870. The molecule has 9 heteroatoms. The summed E-state index contributed by atoms with van der Waals surface area (Å²) in [5.74, 6) is -0.223. The van der Waals surface area contributed by atoms with Gasteiger partial charge in [-0.3, -0.25) is 9.36 Å². The summed E-state index contributed by atoms with van der Waals surface area (Å²) in [6.45, 7) is 4.61. The third kappa shape index (κ3) is 42.8. The Morgan fingerprint density at radius 3 is 1.40 bits per heavy atom. The maximum atomic E-state index is 12.8. The summed E-state index contributed by atoms with van der Waals surface area (Å²) >= 11 is 0. The molecule has 0 aliphatic heterocycles. The summed E-state index contributed by atoms with van der Waals surface area (Å²) in [7, 11) is 1.24. The Morgan fingerprint density at radius 2 is 0.966 bits per heavy atom. The first kappa shape index (κ1) is 56.7. The molecule has 0 fully saturated rings. The van der Waals surface area contributed by atoms with Gasteiger partial charge in [0.1, 0.15) is 13.2 Å². The number of unbranched alkanes of at least 4 members (excludes halogenated alkanes) is 27. The van der Waals surface area contributed by atoms with Crippen LogP contribution in [-0.2, 0) is 18.4 Å². The molecule has 3 unspecified atom stereocenters. The topological polar surface area (TPSA) is 108 Å². The molecule has 0 aliphatic carbocycles. The molecule has 3 atom stereocenters. The van der Waals surface area contributed by atoms with Crippen LogP contribution in [0.1, 0.15) is 219 Å². The Kier molecular flexibility index (Phi) is 40.2. The van der Waals surface area contributed by atoms with Gasteiger partial charge >= 0.3 is 0 Å². The molecule has 0 heterocycles. The van der Waals surface area contributed by atoms with Crippen LogP contribution in [0.5, 0.6) is 0 Å². The molecule has 0 aromatic rings. The predicted molar refractivity (Wildman–Crippen MR) is 247 cm³/mol. The molecule has 2 N–H and O–H groups in total. The van der Waals surface area contributed by atoms with Crippen molar-refractivity contribution < 1.29 is 32.9 Å². The summed E-state index contributed by atoms with van der Waals surface area (Å²) in [4.78, 5) is 25.3. The highest BCUT2D eigenvalue weighted by Gasteiger charge is 2.23. The van der Waals surface area contributed by atoms with E-state index >= 15 is 0 Å². The number of carbonyl (C=O) groups is 1. The van der Waals surface area contributed by atoms with Gasteiger partial charge in [-0.05, 0) is 57.8 Å². The van der Waals surface area contributed by atoms with Crippen LogP contribution >= 0.6 is 7.82 Å². The summed E-state index contributed by atoms with van der Waals surface area (Å²) in [5.41, 5.74) is 0. The summed E-state index contributed by atoms with van der Waals surface area (Å²) in [6.07, 6.45) is 50.7. The van der Waals surface area contributed by atoms with E-state index in [2.05, 4.69) is 43.5 Å². The Labute approximate surface area is 359 Å².